The Labute approximate surface area is 388 Å². The Bertz CT molecular complexity index is 1860. The van der Waals surface area contributed by atoms with E-state index in [9.17, 15) is 48.1 Å². The minimum Gasteiger partial charge on any atom is -0.459 e. The molecule has 0 aliphatic carbocycles. The molecule has 0 bridgehead atoms. The highest BCUT2D eigenvalue weighted by Crippen LogP contribution is 2.38. The maximum absolute atomic E-state index is 13.6. The molecule has 1 amide bonds. The van der Waals surface area contributed by atoms with Crippen LogP contribution in [0.4, 0.5) is 18.9 Å². The second-order valence-electron chi connectivity index (χ2n) is 19.0. The number of aliphatic hydroxyl groups excluding tert-OH is 2. The van der Waals surface area contributed by atoms with E-state index in [4.69, 9.17) is 14.2 Å². The van der Waals surface area contributed by atoms with Gasteiger partial charge in [-0.25, -0.2) is 0 Å². The fraction of sp³-hybridized carbons (Fsp3) is 0.708. The molecule has 3 rings (SSSR count). The van der Waals surface area contributed by atoms with Crippen LogP contribution in [0.2, 0.25) is 0 Å². The maximum Gasteiger partial charge on any atom is 0.416 e. The predicted octanol–water partition coefficient (Wildman–Crippen LogP) is 6.08. The largest absolute Gasteiger partial charge is 0.459 e. The van der Waals surface area contributed by atoms with Gasteiger partial charge in [-0.05, 0) is 124 Å². The van der Waals surface area contributed by atoms with E-state index in [0.29, 0.717) is 25.9 Å². The normalized spacial score (nSPS) is 34.9. The Balaban J connectivity index is 1.82. The molecule has 66 heavy (non-hydrogen) atoms. The SMILES string of the molecule is C=C(Nc1cccc(C(F)(F)F)c1C)/C(=C\C=C/C)C(=O)NCCCN(C)C1CC(C)OC(O[C@@H]2[C@@H](C)[C@H](O)[C@@H](C)C(=O)O[C@H](CC)[C@@](C)(O)C(O)C(C)N(C)C[C@H](C)C[C@@]2(C)O)[C@@H]1N=O. The highest BCUT2D eigenvalue weighted by Gasteiger charge is 2.50. The zero-order valence-electron chi connectivity index (χ0n) is 40.8. The molecule has 14 atom stereocenters. The van der Waals surface area contributed by atoms with E-state index >= 15 is 0 Å². The van der Waals surface area contributed by atoms with E-state index in [0.717, 1.165) is 6.07 Å². The van der Waals surface area contributed by atoms with E-state index in [1.807, 2.05) is 23.6 Å². The van der Waals surface area contributed by atoms with Gasteiger partial charge in [0.15, 0.2) is 12.3 Å². The number of halogens is 3. The summed E-state index contributed by atoms with van der Waals surface area (Å²) in [5.74, 6) is -3.66. The molecule has 5 unspecified atom stereocenters. The Morgan fingerprint density at radius 2 is 1.80 bits per heavy atom. The summed E-state index contributed by atoms with van der Waals surface area (Å²) in [6.45, 7) is 21.3. The van der Waals surface area contributed by atoms with Crippen LogP contribution in [0, 0.1) is 29.6 Å². The molecule has 0 aromatic heterocycles. The predicted molar refractivity (Wildman–Crippen MR) is 247 cm³/mol. The van der Waals surface area contributed by atoms with Crippen molar-refractivity contribution in [2.75, 3.05) is 39.0 Å². The summed E-state index contributed by atoms with van der Waals surface area (Å²) in [4.78, 5) is 43.6. The molecule has 1 aromatic rings. The topological polar surface area (TPSA) is 203 Å². The highest BCUT2D eigenvalue weighted by molar-refractivity contribution is 5.98. The molecule has 374 valence electrons. The number of amides is 1. The number of nitrogens with zero attached hydrogens (tertiary/aromatic N) is 3. The number of hydrogen-bond acceptors (Lipinski definition) is 14. The van der Waals surface area contributed by atoms with Crippen LogP contribution in [-0.4, -0.2) is 142 Å². The average molecular weight is 940 g/mol. The van der Waals surface area contributed by atoms with E-state index in [1.54, 1.807) is 60.9 Å². The molecular weight excluding hydrogens is 864 g/mol. The summed E-state index contributed by atoms with van der Waals surface area (Å²) in [7, 11) is 3.59. The average Bonchev–Trinajstić information content (AvgIpc) is 3.23. The Hall–Kier alpha value is -3.75. The molecule has 2 fully saturated rings. The Morgan fingerprint density at radius 3 is 2.39 bits per heavy atom. The number of anilines is 1. The van der Waals surface area contributed by atoms with Crippen LogP contribution < -0.4 is 10.6 Å². The van der Waals surface area contributed by atoms with E-state index in [-0.39, 0.29) is 47.8 Å². The number of ether oxygens (including phenoxy) is 3. The molecule has 2 aliphatic heterocycles. The lowest BCUT2D eigenvalue weighted by molar-refractivity contribution is -0.273. The van der Waals surface area contributed by atoms with Crippen molar-refractivity contribution in [3.05, 3.63) is 70.3 Å². The third-order valence-electron chi connectivity index (χ3n) is 13.4. The smallest absolute Gasteiger partial charge is 0.416 e. The number of esters is 1. The molecule has 0 radical (unpaired) electrons. The first kappa shape index (κ1) is 56.6. The lowest BCUT2D eigenvalue weighted by Gasteiger charge is -2.46. The number of hydrogen-bond donors (Lipinski definition) is 6. The first-order chi connectivity index (χ1) is 30.6. The number of allylic oxidation sites excluding steroid dienone is 3. The van der Waals surface area contributed by atoms with Gasteiger partial charge in [-0.3, -0.25) is 9.59 Å². The quantitative estimate of drug-likeness (QED) is 0.0412. The summed E-state index contributed by atoms with van der Waals surface area (Å²) in [6.07, 6.45) is -5.42. The van der Waals surface area contributed by atoms with Crippen LogP contribution in [0.5, 0.6) is 0 Å². The summed E-state index contributed by atoms with van der Waals surface area (Å²) < 4.78 is 59.4. The summed E-state index contributed by atoms with van der Waals surface area (Å²) in [5.41, 5.74) is -3.99. The van der Waals surface area contributed by atoms with Crippen molar-refractivity contribution in [1.29, 1.82) is 0 Å². The van der Waals surface area contributed by atoms with E-state index in [1.165, 1.54) is 39.0 Å². The lowest BCUT2D eigenvalue weighted by atomic mass is 9.78. The zero-order valence-corrected chi connectivity index (χ0v) is 40.8. The first-order valence-corrected chi connectivity index (χ1v) is 22.9. The number of rotatable bonds is 14. The standard InChI is InChI=1S/C48H76F3N5O10/c1-14-16-19-34(32(8)53-36-21-17-20-35(29(36)5)48(49,50)51)43(59)52-22-18-23-55(12)37-24-28(4)64-45(39(37)54-63)66-42-30(6)40(57)31(7)44(60)65-38(15-2)47(11,62)41(58)33(9)56(13)26-27(3)25-46(42,10)61/h14,16-17,19-21,27-28,30-31,33,37-42,45,53,57-58,61-62H,8,15,18,22-26H2,1-7,9-13H3,(H,52,59)/b16-14-,34-19+/t27-,28?,30+,31-,33?,37?,38-,39-,40+,41?,42-,45?,46-,47-/m1/s1. The summed E-state index contributed by atoms with van der Waals surface area (Å²) in [6, 6.07) is 1.52. The third kappa shape index (κ3) is 14.2. The van der Waals surface area contributed by atoms with Crippen molar-refractivity contribution < 1.29 is 57.4 Å². The number of nitrogens with one attached hydrogen (secondary N) is 2. The van der Waals surface area contributed by atoms with Crippen molar-refractivity contribution in [3.63, 3.8) is 0 Å². The van der Waals surface area contributed by atoms with Gasteiger partial charge in [0, 0.05) is 42.5 Å². The van der Waals surface area contributed by atoms with Crippen molar-refractivity contribution in [2.45, 2.75) is 167 Å². The fourth-order valence-corrected chi connectivity index (χ4v) is 9.39. The van der Waals surface area contributed by atoms with Gasteiger partial charge >= 0.3 is 12.1 Å². The molecule has 0 spiro atoms. The Kier molecular flexibility index (Phi) is 20.6. The fourth-order valence-electron chi connectivity index (χ4n) is 9.39. The van der Waals surface area contributed by atoms with Crippen molar-refractivity contribution in [2.24, 2.45) is 22.9 Å². The van der Waals surface area contributed by atoms with Crippen LogP contribution in [-0.2, 0) is 30.0 Å². The first-order valence-electron chi connectivity index (χ1n) is 22.9. The van der Waals surface area contributed by atoms with Crippen LogP contribution >= 0.6 is 0 Å². The van der Waals surface area contributed by atoms with Gasteiger partial charge < -0.3 is 55.1 Å². The van der Waals surface area contributed by atoms with E-state index in [2.05, 4.69) is 22.4 Å². The maximum atomic E-state index is 13.6. The number of carbonyl (C=O) groups is 2. The van der Waals surface area contributed by atoms with Crippen molar-refractivity contribution in [3.8, 4) is 0 Å². The lowest BCUT2D eigenvalue weighted by Crippen LogP contribution is -2.59. The van der Waals surface area contributed by atoms with Gasteiger partial charge in [0.05, 0.1) is 41.0 Å². The van der Waals surface area contributed by atoms with Crippen LogP contribution in [0.3, 0.4) is 0 Å². The number of cyclic esters (lactones) is 1. The molecule has 2 heterocycles. The van der Waals surface area contributed by atoms with Crippen molar-refractivity contribution in [1.82, 2.24) is 15.1 Å². The number of benzene rings is 1. The van der Waals surface area contributed by atoms with Gasteiger partial charge in [-0.1, -0.05) is 50.7 Å². The molecule has 1 aromatic carbocycles. The number of aliphatic hydroxyl groups is 4. The molecule has 15 nitrogen and oxygen atoms in total. The summed E-state index contributed by atoms with van der Waals surface area (Å²) in [5, 5.41) is 56.1. The minimum absolute atomic E-state index is 0.0411. The molecule has 0 saturated carbocycles. The van der Waals surface area contributed by atoms with Gasteiger partial charge in [0.1, 0.15) is 17.8 Å². The molecular formula is C48H76F3N5O10. The number of carbonyl (C=O) groups excluding carboxylic acids is 2. The highest BCUT2D eigenvalue weighted by atomic mass is 19.4. The monoisotopic (exact) mass is 940 g/mol. The minimum atomic E-state index is -4.56. The van der Waals surface area contributed by atoms with E-state index < -0.39 is 102 Å². The summed E-state index contributed by atoms with van der Waals surface area (Å²) >= 11 is 0. The number of nitroso groups, excluding NO2 is 1. The van der Waals surface area contributed by atoms with Gasteiger partial charge in [0.2, 0.25) is 0 Å². The molecule has 6 N–H and O–H groups in total. The molecule has 18 heteroatoms. The van der Waals surface area contributed by atoms with Crippen molar-refractivity contribution >= 4 is 17.6 Å². The van der Waals surface area contributed by atoms with Gasteiger partial charge in [-0.15, -0.1) is 0 Å². The molecule has 2 aliphatic rings. The second kappa shape index (κ2) is 24.0. The third-order valence-corrected chi connectivity index (χ3v) is 13.4. The zero-order chi connectivity index (χ0) is 50.1. The molecule has 2 saturated heterocycles. The number of alkyl halides is 3. The van der Waals surface area contributed by atoms with Gasteiger partial charge in [-0.2, -0.15) is 18.1 Å². The van der Waals surface area contributed by atoms with Crippen LogP contribution in [0.1, 0.15) is 99.1 Å². The number of likely N-dealkylation sites (N-methyl/N-ethyl adjacent to an activating group) is 2. The van der Waals surface area contributed by atoms with Crippen LogP contribution in [0.25, 0.3) is 0 Å². The van der Waals surface area contributed by atoms with Gasteiger partial charge in [0.25, 0.3) is 5.91 Å². The van der Waals surface area contributed by atoms with Crippen LogP contribution in [0.15, 0.2) is 59.5 Å². The second-order valence-corrected chi connectivity index (χ2v) is 19.0. The Morgan fingerprint density at radius 1 is 1.15 bits per heavy atom.